The van der Waals surface area contributed by atoms with Crippen molar-refractivity contribution in [2.45, 2.75) is 57.2 Å². The van der Waals surface area contributed by atoms with Gasteiger partial charge in [0.1, 0.15) is 11.6 Å². The molecule has 7 heteroatoms. The molecule has 3 nitrogen and oxygen atoms in total. The maximum absolute atomic E-state index is 13.5. The Balaban J connectivity index is 0.00000320. The molecule has 0 saturated carbocycles. The third-order valence-corrected chi connectivity index (χ3v) is 6.42. The Hall–Kier alpha value is 0.296. The number of halogens is 3. The van der Waals surface area contributed by atoms with E-state index in [4.69, 9.17) is 0 Å². The van der Waals surface area contributed by atoms with E-state index in [2.05, 4.69) is 45.6 Å². The molecule has 0 fully saturated rings. The zero-order chi connectivity index (χ0) is 21.0. The average molecular weight is 505 g/mol. The number of aryl methyl sites for hydroxylation is 1. The molecule has 1 unspecified atom stereocenters. The Morgan fingerprint density at radius 3 is 2.50 bits per heavy atom. The Bertz CT molecular complexity index is 832. The van der Waals surface area contributed by atoms with Crippen LogP contribution in [0.5, 0.6) is 0 Å². The summed E-state index contributed by atoms with van der Waals surface area (Å²) in [6.45, 7) is 2.52. The summed E-state index contributed by atoms with van der Waals surface area (Å²) in [5, 5.41) is 18.4. The molecule has 30 heavy (non-hydrogen) atoms. The number of benzene rings is 2. The van der Waals surface area contributed by atoms with Gasteiger partial charge in [-0.3, -0.25) is 0 Å². The standard InChI is InChI=1S/C23H28BrF2N2O.K/c1-3-14-9-19-18(20(24)10-14)5-4-6-21(19)28-13-23(29)22(27-2)11-15-7-16(25)12-17(26)8-15;/h7-10,12,21-23,28-29H,3-6,11,13H2,1-2H3;/q-1;+1/t21-,22?,23+;/m0./s1. The van der Waals surface area contributed by atoms with E-state index in [9.17, 15) is 13.9 Å². The number of hydrogen-bond acceptors (Lipinski definition) is 2. The van der Waals surface area contributed by atoms with E-state index >= 15 is 0 Å². The van der Waals surface area contributed by atoms with Gasteiger partial charge in [0.05, 0.1) is 6.10 Å². The van der Waals surface area contributed by atoms with E-state index in [0.29, 0.717) is 18.5 Å². The zero-order valence-electron chi connectivity index (χ0n) is 17.9. The molecule has 0 aromatic heterocycles. The molecule has 3 atom stereocenters. The van der Waals surface area contributed by atoms with Crippen molar-refractivity contribution in [3.05, 3.63) is 74.0 Å². The van der Waals surface area contributed by atoms with Crippen LogP contribution in [0.15, 0.2) is 34.8 Å². The first-order chi connectivity index (χ1) is 13.9. The molecule has 1 aliphatic carbocycles. The molecular weight excluding hydrogens is 477 g/mol. The third-order valence-electron chi connectivity index (χ3n) is 5.71. The van der Waals surface area contributed by atoms with Gasteiger partial charge in [0.2, 0.25) is 0 Å². The van der Waals surface area contributed by atoms with Crippen LogP contribution in [0.25, 0.3) is 5.32 Å². The van der Waals surface area contributed by atoms with E-state index in [-0.39, 0.29) is 57.4 Å². The second kappa shape index (κ2) is 12.5. The van der Waals surface area contributed by atoms with Crippen molar-refractivity contribution in [1.82, 2.24) is 5.32 Å². The summed E-state index contributed by atoms with van der Waals surface area (Å²) < 4.78 is 28.1. The van der Waals surface area contributed by atoms with Gasteiger partial charge in [0, 0.05) is 23.1 Å². The first-order valence-electron chi connectivity index (χ1n) is 10.2. The normalized spacial score (nSPS) is 17.7. The topological polar surface area (TPSA) is 46.4 Å². The predicted octanol–water partition coefficient (Wildman–Crippen LogP) is 2.24. The predicted molar refractivity (Wildman–Crippen MR) is 116 cm³/mol. The number of fused-ring (bicyclic) bond motifs is 1. The van der Waals surface area contributed by atoms with Crippen molar-refractivity contribution in [2.75, 3.05) is 13.6 Å². The third kappa shape index (κ3) is 6.90. The molecule has 0 aliphatic heterocycles. The molecule has 2 N–H and O–H groups in total. The monoisotopic (exact) mass is 504 g/mol. The molecular formula is C23H28BrF2KN2O. The Labute approximate surface area is 229 Å². The van der Waals surface area contributed by atoms with Gasteiger partial charge in [-0.1, -0.05) is 28.9 Å². The number of nitrogens with one attached hydrogen (secondary N) is 1. The van der Waals surface area contributed by atoms with E-state index in [1.54, 1.807) is 7.05 Å². The first-order valence-corrected chi connectivity index (χ1v) is 11.0. The molecule has 1 aliphatic rings. The number of aliphatic hydroxyl groups excluding tert-OH is 1. The second-order valence-electron chi connectivity index (χ2n) is 7.73. The van der Waals surface area contributed by atoms with Gasteiger partial charge in [0.25, 0.3) is 0 Å². The van der Waals surface area contributed by atoms with Crippen LogP contribution in [0.1, 0.15) is 48.1 Å². The van der Waals surface area contributed by atoms with Crippen molar-refractivity contribution in [1.29, 1.82) is 0 Å². The van der Waals surface area contributed by atoms with Crippen LogP contribution in [0.4, 0.5) is 8.78 Å². The van der Waals surface area contributed by atoms with Crippen molar-refractivity contribution in [3.8, 4) is 0 Å². The van der Waals surface area contributed by atoms with Crippen LogP contribution in [-0.2, 0) is 19.3 Å². The maximum Gasteiger partial charge on any atom is 1.00 e. The fraction of sp³-hybridized carbons (Fsp3) is 0.478. The first kappa shape index (κ1) is 26.5. The summed E-state index contributed by atoms with van der Waals surface area (Å²) >= 11 is 3.71. The molecule has 3 rings (SSSR count). The average Bonchev–Trinajstić information content (AvgIpc) is 2.69. The Morgan fingerprint density at radius 2 is 1.87 bits per heavy atom. The fourth-order valence-electron chi connectivity index (χ4n) is 4.11. The van der Waals surface area contributed by atoms with Crippen molar-refractivity contribution in [2.24, 2.45) is 0 Å². The molecule has 2 aromatic carbocycles. The van der Waals surface area contributed by atoms with Gasteiger partial charge in [-0.15, -0.1) is 6.04 Å². The second-order valence-corrected chi connectivity index (χ2v) is 8.58. The van der Waals surface area contributed by atoms with E-state index < -0.39 is 23.8 Å². The number of nitrogens with zero attached hydrogens (tertiary/aromatic N) is 1. The van der Waals surface area contributed by atoms with Gasteiger partial charge in [-0.2, -0.15) is 7.05 Å². The van der Waals surface area contributed by atoms with Gasteiger partial charge < -0.3 is 15.7 Å². The summed E-state index contributed by atoms with van der Waals surface area (Å²) in [7, 11) is 1.63. The summed E-state index contributed by atoms with van der Waals surface area (Å²) in [6.07, 6.45) is 3.69. The minimum Gasteiger partial charge on any atom is -0.660 e. The van der Waals surface area contributed by atoms with E-state index in [0.717, 1.165) is 36.2 Å². The molecule has 0 amide bonds. The molecule has 2 aromatic rings. The summed E-state index contributed by atoms with van der Waals surface area (Å²) in [5.41, 5.74) is 4.43. The van der Waals surface area contributed by atoms with Gasteiger partial charge in [0.15, 0.2) is 0 Å². The van der Waals surface area contributed by atoms with Crippen molar-refractivity contribution >= 4 is 15.9 Å². The van der Waals surface area contributed by atoms with Crippen LogP contribution in [-0.4, -0.2) is 30.8 Å². The summed E-state index contributed by atoms with van der Waals surface area (Å²) in [5.74, 6) is -1.22. The molecule has 0 spiro atoms. The molecule has 0 radical (unpaired) electrons. The summed E-state index contributed by atoms with van der Waals surface area (Å²) in [4.78, 5) is 0. The number of aliphatic hydroxyl groups is 1. The number of rotatable bonds is 8. The zero-order valence-corrected chi connectivity index (χ0v) is 22.6. The van der Waals surface area contributed by atoms with Crippen LogP contribution in [0.2, 0.25) is 0 Å². The minimum absolute atomic E-state index is 0. The van der Waals surface area contributed by atoms with Crippen molar-refractivity contribution < 1.29 is 65.3 Å². The van der Waals surface area contributed by atoms with Crippen LogP contribution in [0, 0.1) is 11.6 Å². The van der Waals surface area contributed by atoms with Crippen LogP contribution in [0.3, 0.4) is 0 Å². The maximum atomic E-state index is 13.5. The van der Waals surface area contributed by atoms with Crippen LogP contribution < -0.4 is 56.7 Å². The smallest absolute Gasteiger partial charge is 0.660 e. The van der Waals surface area contributed by atoms with E-state index in [1.165, 1.54) is 28.8 Å². The largest absolute Gasteiger partial charge is 1.00 e. The molecule has 0 saturated heterocycles. The molecule has 0 heterocycles. The van der Waals surface area contributed by atoms with Gasteiger partial charge in [-0.05, 0) is 72.6 Å². The van der Waals surface area contributed by atoms with E-state index in [1.807, 2.05) is 0 Å². The summed E-state index contributed by atoms with van der Waals surface area (Å²) in [6, 6.07) is 7.65. The number of likely N-dealkylation sites (N-methyl/N-ethyl adjacent to an activating group) is 1. The van der Waals surface area contributed by atoms with Gasteiger partial charge in [-0.25, -0.2) is 8.78 Å². The SMILES string of the molecule is CCc1cc(Br)c2c(c1)[C@@H](NC[C@@H](O)C(Cc1cc(F)cc(F)c1)[N-]C)CCC2.[K+]. The fourth-order valence-corrected chi connectivity index (χ4v) is 4.84. The number of hydrogen-bond donors (Lipinski definition) is 2. The molecule has 0 bridgehead atoms. The Kier molecular flexibility index (Phi) is 11.1. The quantitative estimate of drug-likeness (QED) is 0.541. The minimum atomic E-state index is -0.741. The van der Waals surface area contributed by atoms with Crippen LogP contribution >= 0.6 is 15.9 Å². The Morgan fingerprint density at radius 1 is 1.17 bits per heavy atom. The molecule has 158 valence electrons. The van der Waals surface area contributed by atoms with Gasteiger partial charge >= 0.3 is 51.4 Å². The van der Waals surface area contributed by atoms with Crippen molar-refractivity contribution in [3.63, 3.8) is 0 Å².